The van der Waals surface area contributed by atoms with Crippen LogP contribution in [0.3, 0.4) is 0 Å². The Morgan fingerprint density at radius 2 is 1.83 bits per heavy atom. The summed E-state index contributed by atoms with van der Waals surface area (Å²) in [7, 11) is 2.74. The number of anilines is 2. The zero-order valence-corrected chi connectivity index (χ0v) is 19.1. The van der Waals surface area contributed by atoms with Crippen molar-refractivity contribution >= 4 is 29.0 Å². The molecule has 188 valence electrons. The highest BCUT2D eigenvalue weighted by Crippen LogP contribution is 2.45. The van der Waals surface area contributed by atoms with Gasteiger partial charge in [0.15, 0.2) is 0 Å². The van der Waals surface area contributed by atoms with Gasteiger partial charge in [0.05, 0.1) is 37.9 Å². The van der Waals surface area contributed by atoms with Gasteiger partial charge in [0.25, 0.3) is 0 Å². The van der Waals surface area contributed by atoms with Crippen molar-refractivity contribution in [2.75, 3.05) is 24.4 Å². The maximum Gasteiger partial charge on any atom is 0.416 e. The Hall–Kier alpha value is -4.28. The summed E-state index contributed by atoms with van der Waals surface area (Å²) in [6.07, 6.45) is -5.24. The lowest BCUT2D eigenvalue weighted by molar-refractivity contribution is -0.138. The topological polar surface area (TPSA) is 83.4 Å². The predicted molar refractivity (Wildman–Crippen MR) is 126 cm³/mol. The lowest BCUT2D eigenvalue weighted by Gasteiger charge is -2.38. The number of nitrogens with one attached hydrogen (secondary N) is 1. The minimum atomic E-state index is -4.68. The van der Waals surface area contributed by atoms with Crippen molar-refractivity contribution in [3.63, 3.8) is 0 Å². The normalized spacial score (nSPS) is 15.1. The second kappa shape index (κ2) is 9.76. The number of para-hydroxylation sites is 1. The molecule has 0 saturated carbocycles. The van der Waals surface area contributed by atoms with Crippen molar-refractivity contribution in [3.05, 3.63) is 77.6 Å². The Morgan fingerprint density at radius 1 is 1.08 bits per heavy atom. The number of benzene rings is 3. The number of rotatable bonds is 6. The fourth-order valence-electron chi connectivity index (χ4n) is 3.99. The van der Waals surface area contributed by atoms with Crippen LogP contribution in [0, 0.1) is 5.82 Å². The van der Waals surface area contributed by atoms with Gasteiger partial charge in [0.2, 0.25) is 5.96 Å². The molecule has 0 amide bonds. The maximum absolute atomic E-state index is 14.8. The largest absolute Gasteiger partial charge is 0.497 e. The molecule has 0 radical (unpaired) electrons. The lowest BCUT2D eigenvalue weighted by atomic mass is 9.97. The SMILES string of the molecule is COc1cccc(NC2=Nc3c(F)cccc3C(CC(=O)O)N2c2cc(C(F)(F)F)ccc2OC)c1. The van der Waals surface area contributed by atoms with Crippen LogP contribution in [0.15, 0.2) is 65.7 Å². The number of carboxylic acid groups (broad SMARTS) is 1. The van der Waals surface area contributed by atoms with Crippen LogP contribution in [0.4, 0.5) is 34.6 Å². The second-order valence-corrected chi connectivity index (χ2v) is 7.84. The van der Waals surface area contributed by atoms with Crippen LogP contribution in [-0.2, 0) is 11.0 Å². The molecule has 0 spiro atoms. The van der Waals surface area contributed by atoms with E-state index in [1.165, 1.54) is 37.3 Å². The van der Waals surface area contributed by atoms with Gasteiger partial charge in [-0.15, -0.1) is 0 Å². The smallest absolute Gasteiger partial charge is 0.416 e. The maximum atomic E-state index is 14.8. The predicted octanol–water partition coefficient (Wildman–Crippen LogP) is 6.00. The Kier molecular flexibility index (Phi) is 6.73. The first-order valence-electron chi connectivity index (χ1n) is 10.7. The number of fused-ring (bicyclic) bond motifs is 1. The Bertz CT molecular complexity index is 1330. The summed E-state index contributed by atoms with van der Waals surface area (Å²) >= 11 is 0. The number of aliphatic imine (C=N–C) groups is 1. The van der Waals surface area contributed by atoms with Gasteiger partial charge in [0.1, 0.15) is 23.0 Å². The van der Waals surface area contributed by atoms with E-state index in [9.17, 15) is 27.5 Å². The first-order chi connectivity index (χ1) is 17.1. The molecule has 1 unspecified atom stereocenters. The zero-order chi connectivity index (χ0) is 26.0. The molecule has 1 atom stereocenters. The van der Waals surface area contributed by atoms with E-state index < -0.39 is 36.0 Å². The first-order valence-corrected chi connectivity index (χ1v) is 10.7. The molecule has 3 aromatic rings. The van der Waals surface area contributed by atoms with Crippen LogP contribution >= 0.6 is 0 Å². The fraction of sp³-hybridized carbons (Fsp3) is 0.200. The first kappa shape index (κ1) is 24.8. The fourth-order valence-corrected chi connectivity index (χ4v) is 3.99. The second-order valence-electron chi connectivity index (χ2n) is 7.84. The number of alkyl halides is 3. The molecule has 1 aliphatic heterocycles. The Morgan fingerprint density at radius 3 is 2.50 bits per heavy atom. The summed E-state index contributed by atoms with van der Waals surface area (Å²) in [5.41, 5.74) is -0.553. The number of hydrogen-bond donors (Lipinski definition) is 2. The molecule has 1 aliphatic rings. The number of halogens is 4. The summed E-state index contributed by atoms with van der Waals surface area (Å²) in [4.78, 5) is 17.5. The van der Waals surface area contributed by atoms with E-state index in [1.807, 2.05) is 0 Å². The standard InChI is InChI=1S/C25H21F4N3O4/c1-35-16-6-3-5-15(12-16)30-24-31-23-17(7-4-8-18(23)26)19(13-22(33)34)32(24)20-11-14(25(27,28)29)9-10-21(20)36-2/h3-12,19H,13H2,1-2H3,(H,30,31)(H,33,34). The molecule has 2 N–H and O–H groups in total. The van der Waals surface area contributed by atoms with Crippen LogP contribution in [0.2, 0.25) is 0 Å². The highest BCUT2D eigenvalue weighted by atomic mass is 19.4. The van der Waals surface area contributed by atoms with Gasteiger partial charge < -0.3 is 24.8 Å². The van der Waals surface area contributed by atoms with E-state index >= 15 is 0 Å². The molecular formula is C25H21F4N3O4. The van der Waals surface area contributed by atoms with Crippen molar-refractivity contribution in [1.29, 1.82) is 0 Å². The molecule has 11 heteroatoms. The molecule has 0 aromatic heterocycles. The van der Waals surface area contributed by atoms with Crippen molar-refractivity contribution < 1.29 is 36.9 Å². The number of nitrogens with zero attached hydrogens (tertiary/aromatic N) is 2. The third-order valence-corrected chi connectivity index (χ3v) is 5.59. The minimum Gasteiger partial charge on any atom is -0.497 e. The van der Waals surface area contributed by atoms with Crippen molar-refractivity contribution in [2.24, 2.45) is 4.99 Å². The Labute approximate surface area is 203 Å². The molecule has 0 saturated heterocycles. The highest BCUT2D eigenvalue weighted by Gasteiger charge is 2.38. The number of hydrogen-bond acceptors (Lipinski definition) is 6. The molecule has 7 nitrogen and oxygen atoms in total. The van der Waals surface area contributed by atoms with Gasteiger partial charge in [-0.2, -0.15) is 13.2 Å². The van der Waals surface area contributed by atoms with Crippen LogP contribution in [0.25, 0.3) is 0 Å². The van der Waals surface area contributed by atoms with E-state index in [0.29, 0.717) is 11.4 Å². The number of ether oxygens (including phenoxy) is 2. The summed E-state index contributed by atoms with van der Waals surface area (Å²) < 4.78 is 66.3. The quantitative estimate of drug-likeness (QED) is 0.402. The summed E-state index contributed by atoms with van der Waals surface area (Å²) in [6.45, 7) is 0. The highest BCUT2D eigenvalue weighted by molar-refractivity contribution is 6.09. The van der Waals surface area contributed by atoms with E-state index in [-0.39, 0.29) is 28.6 Å². The average molecular weight is 503 g/mol. The van der Waals surface area contributed by atoms with Crippen LogP contribution in [0.1, 0.15) is 23.6 Å². The van der Waals surface area contributed by atoms with Gasteiger partial charge in [-0.3, -0.25) is 4.79 Å². The molecule has 3 aromatic carbocycles. The molecule has 1 heterocycles. The zero-order valence-electron chi connectivity index (χ0n) is 19.1. The summed E-state index contributed by atoms with van der Waals surface area (Å²) in [5, 5.41) is 12.7. The van der Waals surface area contributed by atoms with E-state index in [4.69, 9.17) is 9.47 Å². The molecule has 36 heavy (non-hydrogen) atoms. The van der Waals surface area contributed by atoms with Crippen molar-refractivity contribution in [1.82, 2.24) is 0 Å². The van der Waals surface area contributed by atoms with Crippen molar-refractivity contribution in [3.8, 4) is 11.5 Å². The molecular weight excluding hydrogens is 482 g/mol. The minimum absolute atomic E-state index is 0.0402. The van der Waals surface area contributed by atoms with Gasteiger partial charge in [-0.1, -0.05) is 18.2 Å². The van der Waals surface area contributed by atoms with Gasteiger partial charge in [-0.05, 0) is 36.4 Å². The monoisotopic (exact) mass is 503 g/mol. The number of aliphatic carboxylic acids is 1. The van der Waals surface area contributed by atoms with Crippen molar-refractivity contribution in [2.45, 2.75) is 18.6 Å². The van der Waals surface area contributed by atoms with E-state index in [2.05, 4.69) is 10.3 Å². The third kappa shape index (κ3) is 4.90. The summed E-state index contributed by atoms with van der Waals surface area (Å²) in [5.74, 6) is -1.52. The van der Waals surface area contributed by atoms with Gasteiger partial charge >= 0.3 is 12.1 Å². The Balaban J connectivity index is 1.97. The van der Waals surface area contributed by atoms with E-state index in [0.717, 1.165) is 18.2 Å². The third-order valence-electron chi connectivity index (χ3n) is 5.59. The average Bonchev–Trinajstić information content (AvgIpc) is 2.83. The molecule has 4 rings (SSSR count). The number of carboxylic acids is 1. The number of methoxy groups -OCH3 is 2. The molecule has 0 fully saturated rings. The molecule has 0 bridgehead atoms. The molecule has 0 aliphatic carbocycles. The van der Waals surface area contributed by atoms with Crippen LogP contribution in [-0.4, -0.2) is 31.3 Å². The summed E-state index contributed by atoms with van der Waals surface area (Å²) in [6, 6.07) is 12.4. The van der Waals surface area contributed by atoms with Gasteiger partial charge in [0, 0.05) is 17.3 Å². The van der Waals surface area contributed by atoms with Crippen LogP contribution < -0.4 is 19.7 Å². The number of guanidine groups is 1. The van der Waals surface area contributed by atoms with E-state index in [1.54, 1.807) is 24.3 Å². The number of carbonyl (C=O) groups is 1. The van der Waals surface area contributed by atoms with Crippen LogP contribution in [0.5, 0.6) is 11.5 Å². The van der Waals surface area contributed by atoms with Gasteiger partial charge in [-0.25, -0.2) is 9.38 Å². The lowest BCUT2D eigenvalue weighted by Crippen LogP contribution is -2.43.